The van der Waals surface area contributed by atoms with E-state index >= 15 is 0 Å². The van der Waals surface area contributed by atoms with E-state index in [1.165, 1.54) is 25.7 Å². The second-order valence-corrected chi connectivity index (χ2v) is 6.99. The molecular weight excluding hydrogens is 335 g/mol. The average Bonchev–Trinajstić information content (AvgIpc) is 2.82. The van der Waals surface area contributed by atoms with Crippen molar-refractivity contribution in [3.63, 3.8) is 0 Å². The Morgan fingerprint density at radius 2 is 1.68 bits per heavy atom. The number of hydrogen-bond donors (Lipinski definition) is 1. The van der Waals surface area contributed by atoms with Gasteiger partial charge in [-0.1, -0.05) is 25.7 Å². The minimum absolute atomic E-state index is 0.0278. The van der Waals surface area contributed by atoms with Crippen LogP contribution in [0.25, 0.3) is 0 Å². The Bertz CT molecular complexity index is 391. The first-order chi connectivity index (χ1) is 11.9. The molecule has 2 aliphatic rings. The molecule has 5 nitrogen and oxygen atoms in total. The zero-order chi connectivity index (χ0) is 18.1. The molecule has 0 radical (unpaired) electrons. The summed E-state index contributed by atoms with van der Waals surface area (Å²) in [6.45, 7) is 2.50. The number of piperazine rings is 1. The number of ether oxygens (including phenoxy) is 1. The quantitative estimate of drug-likeness (QED) is 0.581. The number of nitrogens with zero attached hydrogens (tertiary/aromatic N) is 2. The molecule has 1 heterocycles. The summed E-state index contributed by atoms with van der Waals surface area (Å²) < 4.78 is 40.5. The van der Waals surface area contributed by atoms with Crippen molar-refractivity contribution in [1.82, 2.24) is 15.1 Å². The molecule has 0 bridgehead atoms. The minimum Gasteiger partial charge on any atom is -0.372 e. The molecule has 0 spiro atoms. The van der Waals surface area contributed by atoms with E-state index in [9.17, 15) is 18.0 Å². The van der Waals surface area contributed by atoms with Crippen LogP contribution >= 0.6 is 0 Å². The van der Waals surface area contributed by atoms with E-state index < -0.39 is 12.8 Å². The van der Waals surface area contributed by atoms with Gasteiger partial charge < -0.3 is 15.0 Å². The van der Waals surface area contributed by atoms with Crippen molar-refractivity contribution in [2.24, 2.45) is 0 Å². The van der Waals surface area contributed by atoms with Crippen LogP contribution in [-0.4, -0.2) is 74.0 Å². The summed E-state index contributed by atoms with van der Waals surface area (Å²) in [5.41, 5.74) is 0. The van der Waals surface area contributed by atoms with Crippen LogP contribution in [0, 0.1) is 0 Å². The lowest BCUT2D eigenvalue weighted by molar-refractivity contribution is -0.174. The topological polar surface area (TPSA) is 44.8 Å². The van der Waals surface area contributed by atoms with Crippen LogP contribution in [0.5, 0.6) is 0 Å². The van der Waals surface area contributed by atoms with Crippen LogP contribution in [0.3, 0.4) is 0 Å². The molecule has 1 aliphatic heterocycles. The van der Waals surface area contributed by atoms with E-state index in [2.05, 4.69) is 15.0 Å². The molecule has 0 unspecified atom stereocenters. The largest absolute Gasteiger partial charge is 0.411 e. The number of amides is 2. The SMILES string of the molecule is O=C(NC1CCCCCC1)N1CCN(CCCOCC(F)(F)F)CC1. The maximum atomic E-state index is 12.3. The van der Waals surface area contributed by atoms with Gasteiger partial charge >= 0.3 is 12.2 Å². The molecule has 0 aromatic carbocycles. The molecular formula is C17H30F3N3O2. The Kier molecular flexibility index (Phi) is 8.29. The predicted molar refractivity (Wildman–Crippen MR) is 89.5 cm³/mol. The first kappa shape index (κ1) is 20.3. The third-order valence-electron chi connectivity index (χ3n) is 4.87. The Labute approximate surface area is 147 Å². The van der Waals surface area contributed by atoms with Crippen LogP contribution in [0.15, 0.2) is 0 Å². The van der Waals surface area contributed by atoms with Crippen LogP contribution in [0.1, 0.15) is 44.9 Å². The molecule has 0 atom stereocenters. The Morgan fingerprint density at radius 3 is 2.28 bits per heavy atom. The first-order valence-corrected chi connectivity index (χ1v) is 9.36. The normalized spacial score (nSPS) is 21.2. The minimum atomic E-state index is -4.25. The van der Waals surface area contributed by atoms with Gasteiger partial charge in [0.15, 0.2) is 0 Å². The van der Waals surface area contributed by atoms with E-state index in [-0.39, 0.29) is 12.6 Å². The highest BCUT2D eigenvalue weighted by Gasteiger charge is 2.27. The lowest BCUT2D eigenvalue weighted by Crippen LogP contribution is -2.53. The molecule has 1 saturated heterocycles. The fourth-order valence-electron chi connectivity index (χ4n) is 3.44. The lowest BCUT2D eigenvalue weighted by Gasteiger charge is -2.35. The smallest absolute Gasteiger partial charge is 0.372 e. The first-order valence-electron chi connectivity index (χ1n) is 9.36. The predicted octanol–water partition coefficient (Wildman–Crippen LogP) is 3.01. The van der Waals surface area contributed by atoms with Crippen molar-refractivity contribution in [3.8, 4) is 0 Å². The van der Waals surface area contributed by atoms with E-state index in [0.29, 0.717) is 32.1 Å². The van der Waals surface area contributed by atoms with Crippen LogP contribution in [-0.2, 0) is 4.74 Å². The number of halogens is 3. The van der Waals surface area contributed by atoms with Gasteiger partial charge in [0.25, 0.3) is 0 Å². The van der Waals surface area contributed by atoms with Gasteiger partial charge in [-0.2, -0.15) is 13.2 Å². The van der Waals surface area contributed by atoms with Crippen molar-refractivity contribution in [2.75, 3.05) is 45.9 Å². The summed E-state index contributed by atoms with van der Waals surface area (Å²) in [7, 11) is 0. The van der Waals surface area contributed by atoms with Gasteiger partial charge in [0, 0.05) is 45.4 Å². The molecule has 8 heteroatoms. The van der Waals surface area contributed by atoms with Gasteiger partial charge in [0.1, 0.15) is 6.61 Å². The molecule has 2 fully saturated rings. The van der Waals surface area contributed by atoms with E-state index in [1.54, 1.807) is 0 Å². The van der Waals surface area contributed by atoms with Gasteiger partial charge in [-0.05, 0) is 19.3 Å². The highest BCUT2D eigenvalue weighted by Crippen LogP contribution is 2.18. The molecule has 146 valence electrons. The van der Waals surface area contributed by atoms with Crippen LogP contribution < -0.4 is 5.32 Å². The summed E-state index contributed by atoms with van der Waals surface area (Å²) >= 11 is 0. The Hall–Kier alpha value is -1.02. The van der Waals surface area contributed by atoms with Crippen molar-refractivity contribution < 1.29 is 22.7 Å². The molecule has 2 amide bonds. The fraction of sp³-hybridized carbons (Fsp3) is 0.941. The van der Waals surface area contributed by atoms with Crippen molar-refractivity contribution in [1.29, 1.82) is 0 Å². The molecule has 25 heavy (non-hydrogen) atoms. The average molecular weight is 365 g/mol. The summed E-state index contributed by atoms with van der Waals surface area (Å²) in [5.74, 6) is 0. The summed E-state index contributed by atoms with van der Waals surface area (Å²) in [4.78, 5) is 16.4. The molecule has 1 N–H and O–H groups in total. The number of rotatable bonds is 6. The summed E-state index contributed by atoms with van der Waals surface area (Å²) in [6.07, 6.45) is 3.37. The molecule has 1 aliphatic carbocycles. The Morgan fingerprint density at radius 1 is 1.04 bits per heavy atom. The van der Waals surface area contributed by atoms with Gasteiger partial charge in [-0.3, -0.25) is 4.90 Å². The Balaban J connectivity index is 1.56. The van der Waals surface area contributed by atoms with Crippen molar-refractivity contribution in [3.05, 3.63) is 0 Å². The van der Waals surface area contributed by atoms with E-state index in [1.807, 2.05) is 4.90 Å². The van der Waals surface area contributed by atoms with Crippen LogP contribution in [0.2, 0.25) is 0 Å². The number of carbonyl (C=O) groups excluding carboxylic acids is 1. The standard InChI is InChI=1S/C17H30F3N3O2/c18-17(19,20)14-25-13-5-8-22-9-11-23(12-10-22)16(24)21-15-6-3-1-2-4-7-15/h15H,1-14H2,(H,21,24). The van der Waals surface area contributed by atoms with E-state index in [0.717, 1.165) is 25.9 Å². The maximum absolute atomic E-state index is 12.3. The number of urea groups is 1. The number of nitrogens with one attached hydrogen (secondary N) is 1. The number of carbonyl (C=O) groups is 1. The van der Waals surface area contributed by atoms with Crippen LogP contribution in [0.4, 0.5) is 18.0 Å². The highest BCUT2D eigenvalue weighted by molar-refractivity contribution is 5.74. The second-order valence-electron chi connectivity index (χ2n) is 6.99. The third kappa shape index (κ3) is 8.27. The highest BCUT2D eigenvalue weighted by atomic mass is 19.4. The van der Waals surface area contributed by atoms with Gasteiger partial charge in [0.2, 0.25) is 0 Å². The van der Waals surface area contributed by atoms with Gasteiger partial charge in [-0.25, -0.2) is 4.79 Å². The monoisotopic (exact) mass is 365 g/mol. The molecule has 2 rings (SSSR count). The molecule has 1 saturated carbocycles. The lowest BCUT2D eigenvalue weighted by atomic mass is 10.1. The summed E-state index contributed by atoms with van der Waals surface area (Å²) in [5, 5.41) is 3.16. The van der Waals surface area contributed by atoms with E-state index in [4.69, 9.17) is 0 Å². The van der Waals surface area contributed by atoms with Crippen molar-refractivity contribution in [2.45, 2.75) is 57.2 Å². The number of alkyl halides is 3. The third-order valence-corrected chi connectivity index (χ3v) is 4.87. The second kappa shape index (κ2) is 10.2. The maximum Gasteiger partial charge on any atom is 0.411 e. The summed E-state index contributed by atoms with van der Waals surface area (Å²) in [6, 6.07) is 0.332. The fourth-order valence-corrected chi connectivity index (χ4v) is 3.44. The zero-order valence-corrected chi connectivity index (χ0v) is 14.8. The molecule has 0 aromatic rings. The van der Waals surface area contributed by atoms with Gasteiger partial charge in [-0.15, -0.1) is 0 Å². The zero-order valence-electron chi connectivity index (χ0n) is 14.8. The molecule has 0 aromatic heterocycles. The number of hydrogen-bond acceptors (Lipinski definition) is 3. The van der Waals surface area contributed by atoms with Gasteiger partial charge in [0.05, 0.1) is 0 Å². The van der Waals surface area contributed by atoms with Crippen molar-refractivity contribution >= 4 is 6.03 Å².